The Balaban J connectivity index is 0.00000129. The molecular weight excluding hydrogens is 867 g/mol. The van der Waals surface area contributed by atoms with E-state index in [-0.39, 0.29) is 41.2 Å². The predicted molar refractivity (Wildman–Crippen MR) is 269 cm³/mol. The Bertz CT molecular complexity index is 2280. The summed E-state index contributed by atoms with van der Waals surface area (Å²) >= 11 is 0. The smallest absolute Gasteiger partial charge is 0.303 e. The number of nitrogens with one attached hydrogen (secondary N) is 4. The summed E-state index contributed by atoms with van der Waals surface area (Å²) in [4.78, 5) is 51.9. The Labute approximate surface area is 400 Å². The molecule has 0 saturated heterocycles. The lowest BCUT2D eigenvalue weighted by molar-refractivity contribution is -0.438. The van der Waals surface area contributed by atoms with Gasteiger partial charge in [-0.15, -0.1) is 0 Å². The topological polar surface area (TPSA) is 194 Å². The van der Waals surface area contributed by atoms with Crippen LogP contribution in [0.4, 0.5) is 11.4 Å². The lowest BCUT2D eigenvalue weighted by atomic mass is 9.68. The van der Waals surface area contributed by atoms with Gasteiger partial charge in [-0.2, -0.15) is 13.0 Å². The van der Waals surface area contributed by atoms with Crippen molar-refractivity contribution in [2.75, 3.05) is 30.7 Å². The molecule has 3 amide bonds. The maximum Gasteiger partial charge on any atom is 0.303 e. The molecule has 13 nitrogen and oxygen atoms in total. The van der Waals surface area contributed by atoms with Crippen molar-refractivity contribution >= 4 is 50.9 Å². The molecule has 3 aliphatic rings. The first kappa shape index (κ1) is 54.5. The lowest BCUT2D eigenvalue weighted by Crippen LogP contribution is -2.47. The number of benzene rings is 2. The van der Waals surface area contributed by atoms with Crippen LogP contribution in [0.15, 0.2) is 72.5 Å². The van der Waals surface area contributed by atoms with Crippen molar-refractivity contribution in [1.82, 2.24) is 16.0 Å². The maximum atomic E-state index is 14.3. The number of aliphatic carboxylic acids is 1. The van der Waals surface area contributed by atoms with Crippen molar-refractivity contribution < 1.29 is 41.8 Å². The Hall–Kier alpha value is -5.08. The molecule has 2 aromatic carbocycles. The average Bonchev–Trinajstić information content (AvgIpc) is 3.65. The standard InChI is InChI=1S/C50H69N5O5.C3H8O3S/c1-7-8-20-37-47(59)51-31-18-16-21-41(48(60)52-30-17-10-15-25-46(57)58)54-45(56)24-14-11-19-32-55-42-29-27-36(3)34-39(42)49(4,5)44(55)23-13-9-12-22-43-50(37,6)38-33-35(2)26-28-40(38)53-43;1-2-3-7(4,5)6/h9,12-13,22-23,26-29,33-34,37,41H,7-8,10-11,14-21,24-25,30-32H2,1-6H3,(H4,51,52,54,56,57,58,59,60);2-3H2,1H3,(H,4,5,6)/p+1. The Morgan fingerprint density at radius 2 is 1.60 bits per heavy atom. The van der Waals surface area contributed by atoms with E-state index >= 15 is 0 Å². The number of fused-ring (bicyclic) bond motifs is 5. The summed E-state index contributed by atoms with van der Waals surface area (Å²) in [5.41, 5.74) is 8.53. The second-order valence-electron chi connectivity index (χ2n) is 19.1. The van der Waals surface area contributed by atoms with Crippen LogP contribution in [0.2, 0.25) is 0 Å². The largest absolute Gasteiger partial charge is 0.481 e. The van der Waals surface area contributed by atoms with Crippen molar-refractivity contribution in [3.63, 3.8) is 0 Å². The Morgan fingerprint density at radius 3 is 2.28 bits per heavy atom. The molecule has 67 heavy (non-hydrogen) atoms. The van der Waals surface area contributed by atoms with Crippen molar-refractivity contribution in [1.29, 1.82) is 0 Å². The number of carboxylic acids is 1. The number of rotatable bonds is 12. The van der Waals surface area contributed by atoms with E-state index in [2.05, 4.69) is 134 Å². The molecule has 368 valence electrons. The summed E-state index contributed by atoms with van der Waals surface area (Å²) in [6, 6.07) is 12.5. The van der Waals surface area contributed by atoms with Gasteiger partial charge >= 0.3 is 5.97 Å². The zero-order valence-corrected chi connectivity index (χ0v) is 42.0. The van der Waals surface area contributed by atoms with E-state index in [4.69, 9.17) is 9.66 Å². The number of hydrogen-bond acceptors (Lipinski definition) is 7. The van der Waals surface area contributed by atoms with Gasteiger partial charge in [0, 0.05) is 66.9 Å². The minimum absolute atomic E-state index is 0.0200. The lowest BCUT2D eigenvalue weighted by Gasteiger charge is -2.35. The van der Waals surface area contributed by atoms with Gasteiger partial charge in [0.1, 0.15) is 12.6 Å². The summed E-state index contributed by atoms with van der Waals surface area (Å²) in [5, 5.41) is 21.9. The molecular formula is C53H78N5O8S+. The third kappa shape index (κ3) is 15.7. The van der Waals surface area contributed by atoms with E-state index < -0.39 is 27.5 Å². The molecule has 0 fully saturated rings. The van der Waals surface area contributed by atoms with E-state index in [1.54, 1.807) is 6.92 Å². The highest BCUT2D eigenvalue weighted by molar-refractivity contribution is 7.85. The molecule has 14 heteroatoms. The quantitative estimate of drug-likeness (QED) is 0.0683. The zero-order chi connectivity index (χ0) is 49.2. The molecule has 3 atom stereocenters. The van der Waals surface area contributed by atoms with Gasteiger partial charge in [-0.05, 0) is 116 Å². The summed E-state index contributed by atoms with van der Waals surface area (Å²) in [6.07, 6.45) is 20.4. The SMILES string of the molecule is CCCCC1C(=O)NCCCCC(C(=O)NCCCCCC(=O)O)NC(=O)CCCCC[N+]2=C(/C=C/C=C/C=C3\Nc4ccc(C)cc4C31C)C(C)(C)c1cc(C)ccc12.CCCS(=O)(=O)O. The maximum absolute atomic E-state index is 14.3. The summed E-state index contributed by atoms with van der Waals surface area (Å²) in [7, 11) is -3.67. The first-order chi connectivity index (χ1) is 31.8. The first-order valence-electron chi connectivity index (χ1n) is 24.5. The van der Waals surface area contributed by atoms with Gasteiger partial charge in [0.2, 0.25) is 23.4 Å². The van der Waals surface area contributed by atoms with Crippen molar-refractivity contribution in [3.05, 3.63) is 94.7 Å². The van der Waals surface area contributed by atoms with Gasteiger partial charge in [0.05, 0.1) is 17.1 Å². The van der Waals surface area contributed by atoms with Crippen LogP contribution in [-0.2, 0) is 40.1 Å². The highest BCUT2D eigenvalue weighted by Crippen LogP contribution is 2.50. The van der Waals surface area contributed by atoms with Crippen molar-refractivity contribution in [2.45, 2.75) is 162 Å². The van der Waals surface area contributed by atoms with Crippen LogP contribution in [0.1, 0.15) is 153 Å². The minimum atomic E-state index is -3.67. The Kier molecular flexibility index (Phi) is 21.1. The number of carbonyl (C=O) groups excluding carboxylic acids is 3. The fraction of sp³-hybridized carbons (Fsp3) is 0.566. The van der Waals surface area contributed by atoms with Gasteiger partial charge in [-0.3, -0.25) is 23.7 Å². The molecule has 5 rings (SSSR count). The molecule has 3 aliphatic heterocycles. The molecule has 0 aliphatic carbocycles. The van der Waals surface area contributed by atoms with Crippen LogP contribution in [-0.4, -0.2) is 83.5 Å². The van der Waals surface area contributed by atoms with E-state index in [1.807, 2.05) is 0 Å². The van der Waals surface area contributed by atoms with Gasteiger partial charge in [-0.25, -0.2) is 0 Å². The molecule has 2 aromatic rings. The van der Waals surface area contributed by atoms with E-state index in [1.165, 1.54) is 22.5 Å². The molecule has 0 saturated carbocycles. The monoisotopic (exact) mass is 945 g/mol. The minimum Gasteiger partial charge on any atom is -0.481 e. The van der Waals surface area contributed by atoms with Crippen LogP contribution in [0, 0.1) is 19.8 Å². The molecule has 0 radical (unpaired) electrons. The van der Waals surface area contributed by atoms with E-state index in [9.17, 15) is 27.6 Å². The highest BCUT2D eigenvalue weighted by atomic mass is 32.2. The number of aryl methyl sites for hydroxylation is 2. The van der Waals surface area contributed by atoms with Crippen LogP contribution in [0.3, 0.4) is 0 Å². The summed E-state index contributed by atoms with van der Waals surface area (Å²) < 4.78 is 30.0. The Morgan fingerprint density at radius 1 is 0.866 bits per heavy atom. The normalized spacial score (nSPS) is 23.1. The number of amides is 3. The van der Waals surface area contributed by atoms with Crippen molar-refractivity contribution in [2.24, 2.45) is 5.92 Å². The molecule has 6 N–H and O–H groups in total. The van der Waals surface area contributed by atoms with Crippen LogP contribution in [0.5, 0.6) is 0 Å². The number of unbranched alkanes of at least 4 members (excludes halogenated alkanes) is 3. The molecule has 0 aromatic heterocycles. The molecule has 0 spiro atoms. The summed E-state index contributed by atoms with van der Waals surface area (Å²) in [6.45, 7) is 16.6. The first-order valence-corrected chi connectivity index (χ1v) is 26.2. The number of carbonyl (C=O) groups is 4. The van der Waals surface area contributed by atoms with Crippen LogP contribution in [0.25, 0.3) is 0 Å². The van der Waals surface area contributed by atoms with Crippen LogP contribution >= 0.6 is 0 Å². The predicted octanol–water partition coefficient (Wildman–Crippen LogP) is 9.26. The highest BCUT2D eigenvalue weighted by Gasteiger charge is 2.48. The van der Waals surface area contributed by atoms with Crippen molar-refractivity contribution in [3.8, 4) is 0 Å². The number of anilines is 1. The van der Waals surface area contributed by atoms with E-state index in [0.29, 0.717) is 70.9 Å². The second kappa shape index (κ2) is 25.9. The fourth-order valence-corrected chi connectivity index (χ4v) is 9.95. The number of hydrogen-bond donors (Lipinski definition) is 6. The summed E-state index contributed by atoms with van der Waals surface area (Å²) in [5.74, 6) is -1.61. The van der Waals surface area contributed by atoms with Gasteiger partial charge in [0.25, 0.3) is 10.1 Å². The number of carboxylic acid groups (broad SMARTS) is 1. The molecule has 3 unspecified atom stereocenters. The van der Waals surface area contributed by atoms with Crippen LogP contribution < -0.4 is 21.3 Å². The fourth-order valence-electron chi connectivity index (χ4n) is 9.44. The third-order valence-corrected chi connectivity index (χ3v) is 14.1. The van der Waals surface area contributed by atoms with Gasteiger partial charge in [-0.1, -0.05) is 80.7 Å². The molecule has 0 bridgehead atoms. The van der Waals surface area contributed by atoms with Gasteiger partial charge < -0.3 is 26.4 Å². The third-order valence-electron chi connectivity index (χ3n) is 13.2. The average molecular weight is 945 g/mol. The van der Waals surface area contributed by atoms with Gasteiger partial charge in [0.15, 0.2) is 5.71 Å². The van der Waals surface area contributed by atoms with E-state index in [0.717, 1.165) is 61.2 Å². The second-order valence-corrected chi connectivity index (χ2v) is 20.6. The number of allylic oxidation sites excluding steroid dienone is 6. The number of nitrogens with zero attached hydrogens (tertiary/aromatic N) is 1. The zero-order valence-electron chi connectivity index (χ0n) is 41.1. The molecule has 3 heterocycles.